The first kappa shape index (κ1) is 9.75. The fraction of sp³-hybridized carbons (Fsp3) is 0.800. The van der Waals surface area contributed by atoms with Crippen LogP contribution in [0.1, 0.15) is 20.3 Å². The third-order valence-electron chi connectivity index (χ3n) is 2.32. The molecule has 0 unspecified atom stereocenters. The van der Waals surface area contributed by atoms with Crippen LogP contribution in [-0.4, -0.2) is 37.7 Å². The molecule has 1 rings (SSSR count). The third-order valence-corrected chi connectivity index (χ3v) is 2.32. The molecule has 0 spiro atoms. The summed E-state index contributed by atoms with van der Waals surface area (Å²) in [7, 11) is 1.80. The van der Waals surface area contributed by atoms with Gasteiger partial charge in [0.05, 0.1) is 6.10 Å². The minimum absolute atomic E-state index is 0.468. The van der Waals surface area contributed by atoms with E-state index in [1.165, 1.54) is 18.5 Å². The summed E-state index contributed by atoms with van der Waals surface area (Å²) in [6.45, 7) is 7.65. The van der Waals surface area contributed by atoms with Gasteiger partial charge in [0.15, 0.2) is 0 Å². The number of methoxy groups -OCH3 is 1. The highest BCUT2D eigenvalue weighted by atomic mass is 16.5. The predicted molar refractivity (Wildman–Crippen MR) is 51.3 cm³/mol. The van der Waals surface area contributed by atoms with Crippen LogP contribution in [0.25, 0.3) is 0 Å². The Balaban J connectivity index is 2.23. The molecule has 1 fully saturated rings. The van der Waals surface area contributed by atoms with Gasteiger partial charge < -0.3 is 4.74 Å². The molecule has 12 heavy (non-hydrogen) atoms. The number of rotatable bonds is 3. The van der Waals surface area contributed by atoms with Gasteiger partial charge in [0.1, 0.15) is 0 Å². The molecule has 0 radical (unpaired) electrons. The van der Waals surface area contributed by atoms with Crippen molar-refractivity contribution in [1.82, 2.24) is 4.90 Å². The summed E-state index contributed by atoms with van der Waals surface area (Å²) in [6.07, 6.45) is 3.93. The molecule has 0 aromatic heterocycles. The van der Waals surface area contributed by atoms with Crippen molar-refractivity contribution >= 4 is 0 Å². The second-order valence-corrected chi connectivity index (χ2v) is 3.69. The zero-order valence-corrected chi connectivity index (χ0v) is 8.34. The molecule has 1 aliphatic heterocycles. The minimum Gasteiger partial charge on any atom is -0.380 e. The number of nitrogens with zero attached hydrogens (tertiary/aromatic N) is 1. The SMILES string of the molecule is CO[C@@H]1CCN(CC=C(C)C)C1. The Kier molecular flexibility index (Phi) is 3.76. The molecule has 0 bridgehead atoms. The first-order valence-electron chi connectivity index (χ1n) is 4.61. The topological polar surface area (TPSA) is 12.5 Å². The first-order chi connectivity index (χ1) is 5.72. The summed E-state index contributed by atoms with van der Waals surface area (Å²) < 4.78 is 5.29. The predicted octanol–water partition coefficient (Wildman–Crippen LogP) is 1.67. The highest BCUT2D eigenvalue weighted by molar-refractivity contribution is 4.96. The smallest absolute Gasteiger partial charge is 0.0710 e. The van der Waals surface area contributed by atoms with Gasteiger partial charge in [0.25, 0.3) is 0 Å². The number of hydrogen-bond donors (Lipinski definition) is 0. The average Bonchev–Trinajstić information content (AvgIpc) is 2.48. The minimum atomic E-state index is 0.468. The quantitative estimate of drug-likeness (QED) is 0.596. The van der Waals surface area contributed by atoms with Crippen molar-refractivity contribution in [3.05, 3.63) is 11.6 Å². The van der Waals surface area contributed by atoms with E-state index >= 15 is 0 Å². The van der Waals surface area contributed by atoms with Crippen molar-refractivity contribution in [2.45, 2.75) is 26.4 Å². The van der Waals surface area contributed by atoms with Crippen LogP contribution in [0, 0.1) is 0 Å². The largest absolute Gasteiger partial charge is 0.380 e. The lowest BCUT2D eigenvalue weighted by Crippen LogP contribution is -2.22. The zero-order chi connectivity index (χ0) is 8.97. The lowest BCUT2D eigenvalue weighted by atomic mass is 10.3. The molecule has 70 valence electrons. The van der Waals surface area contributed by atoms with Crippen LogP contribution in [-0.2, 0) is 4.74 Å². The Bertz CT molecular complexity index is 161. The molecule has 0 amide bonds. The summed E-state index contributed by atoms with van der Waals surface area (Å²) in [5, 5.41) is 0. The maximum Gasteiger partial charge on any atom is 0.0710 e. The standard InChI is InChI=1S/C10H19NO/c1-9(2)4-6-11-7-5-10(8-11)12-3/h4,10H,5-8H2,1-3H3/t10-/m1/s1. The molecule has 1 heterocycles. The van der Waals surface area contributed by atoms with E-state index < -0.39 is 0 Å². The van der Waals surface area contributed by atoms with Crippen LogP contribution in [0.5, 0.6) is 0 Å². The van der Waals surface area contributed by atoms with Crippen molar-refractivity contribution in [2.75, 3.05) is 26.7 Å². The van der Waals surface area contributed by atoms with Crippen molar-refractivity contribution < 1.29 is 4.74 Å². The Labute approximate surface area is 75.2 Å². The van der Waals surface area contributed by atoms with Gasteiger partial charge in [-0.3, -0.25) is 4.90 Å². The second kappa shape index (κ2) is 4.63. The number of ether oxygens (including phenoxy) is 1. The average molecular weight is 169 g/mol. The maximum atomic E-state index is 5.29. The molecule has 0 aliphatic carbocycles. The van der Waals surface area contributed by atoms with E-state index in [0.29, 0.717) is 6.10 Å². The van der Waals surface area contributed by atoms with E-state index in [1.54, 1.807) is 7.11 Å². The highest BCUT2D eigenvalue weighted by Gasteiger charge is 2.20. The first-order valence-corrected chi connectivity index (χ1v) is 4.61. The number of likely N-dealkylation sites (tertiary alicyclic amines) is 1. The Morgan fingerprint density at radius 3 is 2.83 bits per heavy atom. The van der Waals surface area contributed by atoms with E-state index in [-0.39, 0.29) is 0 Å². The van der Waals surface area contributed by atoms with Crippen LogP contribution in [0.2, 0.25) is 0 Å². The van der Waals surface area contributed by atoms with Gasteiger partial charge in [-0.05, 0) is 20.3 Å². The van der Waals surface area contributed by atoms with Gasteiger partial charge in [0.2, 0.25) is 0 Å². The van der Waals surface area contributed by atoms with Gasteiger partial charge in [-0.2, -0.15) is 0 Å². The molecule has 1 atom stereocenters. The third kappa shape index (κ3) is 2.95. The maximum absolute atomic E-state index is 5.29. The Morgan fingerprint density at radius 2 is 2.33 bits per heavy atom. The van der Waals surface area contributed by atoms with Crippen molar-refractivity contribution in [3.8, 4) is 0 Å². The van der Waals surface area contributed by atoms with Crippen LogP contribution in [0.4, 0.5) is 0 Å². The summed E-state index contributed by atoms with van der Waals surface area (Å²) in [6, 6.07) is 0. The Hall–Kier alpha value is -0.340. The van der Waals surface area contributed by atoms with Crippen LogP contribution in [0.3, 0.4) is 0 Å². The van der Waals surface area contributed by atoms with Crippen LogP contribution >= 0.6 is 0 Å². The fourth-order valence-corrected chi connectivity index (χ4v) is 1.47. The summed E-state index contributed by atoms with van der Waals surface area (Å²) in [5.74, 6) is 0. The van der Waals surface area contributed by atoms with E-state index in [1.807, 2.05) is 0 Å². The highest BCUT2D eigenvalue weighted by Crippen LogP contribution is 2.11. The van der Waals surface area contributed by atoms with Gasteiger partial charge >= 0.3 is 0 Å². The fourth-order valence-electron chi connectivity index (χ4n) is 1.47. The van der Waals surface area contributed by atoms with Gasteiger partial charge in [0, 0.05) is 26.7 Å². The van der Waals surface area contributed by atoms with Crippen molar-refractivity contribution in [2.24, 2.45) is 0 Å². The zero-order valence-electron chi connectivity index (χ0n) is 8.34. The van der Waals surface area contributed by atoms with E-state index in [2.05, 4.69) is 24.8 Å². The molecule has 2 nitrogen and oxygen atoms in total. The van der Waals surface area contributed by atoms with E-state index in [0.717, 1.165) is 13.1 Å². The van der Waals surface area contributed by atoms with Gasteiger partial charge in [-0.25, -0.2) is 0 Å². The Morgan fingerprint density at radius 1 is 1.58 bits per heavy atom. The van der Waals surface area contributed by atoms with E-state index in [4.69, 9.17) is 4.74 Å². The summed E-state index contributed by atoms with van der Waals surface area (Å²) in [5.41, 5.74) is 1.40. The number of hydrogen-bond acceptors (Lipinski definition) is 2. The summed E-state index contributed by atoms with van der Waals surface area (Å²) in [4.78, 5) is 2.43. The monoisotopic (exact) mass is 169 g/mol. The molecule has 0 aromatic carbocycles. The molecule has 0 saturated carbocycles. The molecule has 0 aromatic rings. The van der Waals surface area contributed by atoms with Gasteiger partial charge in [-0.15, -0.1) is 0 Å². The molecule has 2 heteroatoms. The van der Waals surface area contributed by atoms with Crippen molar-refractivity contribution in [3.63, 3.8) is 0 Å². The molecule has 0 N–H and O–H groups in total. The second-order valence-electron chi connectivity index (χ2n) is 3.69. The van der Waals surface area contributed by atoms with Crippen LogP contribution < -0.4 is 0 Å². The summed E-state index contributed by atoms with van der Waals surface area (Å²) >= 11 is 0. The molecule has 1 saturated heterocycles. The lowest BCUT2D eigenvalue weighted by Gasteiger charge is -2.12. The molecule has 1 aliphatic rings. The van der Waals surface area contributed by atoms with Crippen molar-refractivity contribution in [1.29, 1.82) is 0 Å². The van der Waals surface area contributed by atoms with Crippen LogP contribution in [0.15, 0.2) is 11.6 Å². The normalized spacial score (nSPS) is 24.4. The lowest BCUT2D eigenvalue weighted by molar-refractivity contribution is 0.109. The molecular weight excluding hydrogens is 150 g/mol. The molecular formula is C10H19NO. The number of allylic oxidation sites excluding steroid dienone is 1. The van der Waals surface area contributed by atoms with E-state index in [9.17, 15) is 0 Å². The van der Waals surface area contributed by atoms with Gasteiger partial charge in [-0.1, -0.05) is 11.6 Å².